The average Bonchev–Trinajstić information content (AvgIpc) is 3.08. The van der Waals surface area contributed by atoms with Gasteiger partial charge in [-0.15, -0.1) is 11.8 Å². The number of nitrogens with one attached hydrogen (secondary N) is 1. The smallest absolute Gasteiger partial charge is 0.416 e. The molecule has 1 saturated heterocycles. The van der Waals surface area contributed by atoms with Gasteiger partial charge in [-0.2, -0.15) is 13.2 Å². The molecular weight excluding hydrogens is 670 g/mol. The number of amides is 1. The molecule has 2 aliphatic rings. The topological polar surface area (TPSA) is 65.1 Å². The summed E-state index contributed by atoms with van der Waals surface area (Å²) in [5, 5.41) is 4.41. The molecule has 1 atom stereocenters. The molecule has 12 heteroatoms. The number of alkyl halides is 3. The first-order valence-corrected chi connectivity index (χ1v) is 18.1. The molecule has 0 aromatic heterocycles. The third-order valence-electron chi connectivity index (χ3n) is 8.72. The Hall–Kier alpha value is -3.71. The molecule has 7 nitrogen and oxygen atoms in total. The van der Waals surface area contributed by atoms with E-state index in [0.717, 1.165) is 76.4 Å². The van der Waals surface area contributed by atoms with Crippen LogP contribution in [0.15, 0.2) is 93.5 Å². The number of carbonyl (C=O) groups excluding carboxylic acids is 2. The Morgan fingerprint density at radius 2 is 1.61 bits per heavy atom. The molecule has 1 fully saturated rings. The summed E-state index contributed by atoms with van der Waals surface area (Å²) in [5.41, 5.74) is 1.64. The summed E-state index contributed by atoms with van der Waals surface area (Å²) in [6.07, 6.45) is -3.58. The molecule has 0 aliphatic carbocycles. The first-order chi connectivity index (χ1) is 23.5. The lowest BCUT2D eigenvalue weighted by molar-refractivity contribution is -0.143. The van der Waals surface area contributed by atoms with Crippen molar-refractivity contribution in [2.24, 2.45) is 0 Å². The van der Waals surface area contributed by atoms with E-state index in [1.54, 1.807) is 6.07 Å². The summed E-state index contributed by atoms with van der Waals surface area (Å²) >= 11 is 2.96. The van der Waals surface area contributed by atoms with Crippen molar-refractivity contribution in [2.75, 3.05) is 62.6 Å². The fourth-order valence-corrected chi connectivity index (χ4v) is 8.28. The molecule has 6 rings (SSSR count). The van der Waals surface area contributed by atoms with Gasteiger partial charge in [0.05, 0.1) is 16.9 Å². The number of hydrogen-bond donors (Lipinski definition) is 1. The van der Waals surface area contributed by atoms with E-state index in [-0.39, 0.29) is 11.9 Å². The highest BCUT2D eigenvalue weighted by Gasteiger charge is 2.33. The molecule has 4 aromatic rings. The predicted octanol–water partition coefficient (Wildman–Crippen LogP) is 8.15. The SMILES string of the molecule is CC(=O)Nc1ccc2cccc(SC(C)C(=O)OCCN3CCN(CCCN4c5ccccc5Sc5ccc(C(F)(F)F)cc54)CC3)c2c1. The molecule has 2 heterocycles. The molecule has 0 spiro atoms. The van der Waals surface area contributed by atoms with Crippen molar-refractivity contribution >= 4 is 63.2 Å². The number of para-hydroxylation sites is 1. The second kappa shape index (κ2) is 15.5. The summed E-state index contributed by atoms with van der Waals surface area (Å²) in [7, 11) is 0. The van der Waals surface area contributed by atoms with Crippen molar-refractivity contribution in [3.05, 3.63) is 84.4 Å². The van der Waals surface area contributed by atoms with E-state index in [4.69, 9.17) is 4.74 Å². The number of nitrogens with zero attached hydrogens (tertiary/aromatic N) is 3. The van der Waals surface area contributed by atoms with E-state index in [1.165, 1.54) is 36.5 Å². The van der Waals surface area contributed by atoms with Gasteiger partial charge < -0.3 is 19.9 Å². The van der Waals surface area contributed by atoms with Crippen LogP contribution < -0.4 is 10.2 Å². The van der Waals surface area contributed by atoms with Crippen LogP contribution in [0.5, 0.6) is 0 Å². The van der Waals surface area contributed by atoms with Gasteiger partial charge in [-0.1, -0.05) is 42.1 Å². The monoisotopic (exact) mass is 708 g/mol. The number of anilines is 3. The lowest BCUT2D eigenvalue weighted by Crippen LogP contribution is -2.47. The Balaban J connectivity index is 0.950. The summed E-state index contributed by atoms with van der Waals surface area (Å²) in [6, 6.07) is 23.6. The predicted molar refractivity (Wildman–Crippen MR) is 191 cm³/mol. The standard InChI is InChI=1S/C37H39F3N4O3S2/c1-25(48-33-10-5-7-27-11-13-29(24-30(27)33)41-26(2)45)36(46)47-22-21-43-19-17-42(18-20-43)15-6-16-44-31-8-3-4-9-34(31)49-35-14-12-28(23-32(35)44)37(38,39)40/h3-5,7-14,23-25H,6,15-22H2,1-2H3,(H,41,45). The van der Waals surface area contributed by atoms with Crippen molar-refractivity contribution in [1.82, 2.24) is 9.80 Å². The molecule has 0 saturated carbocycles. The van der Waals surface area contributed by atoms with E-state index in [0.29, 0.717) is 31.1 Å². The van der Waals surface area contributed by atoms with Crippen molar-refractivity contribution in [3.8, 4) is 0 Å². The van der Waals surface area contributed by atoms with Gasteiger partial charge >= 0.3 is 12.1 Å². The van der Waals surface area contributed by atoms with Crippen molar-refractivity contribution < 1.29 is 27.5 Å². The van der Waals surface area contributed by atoms with Crippen LogP contribution in [-0.2, 0) is 20.5 Å². The van der Waals surface area contributed by atoms with E-state index in [1.807, 2.05) is 72.5 Å². The molecule has 1 N–H and O–H groups in total. The summed E-state index contributed by atoms with van der Waals surface area (Å²) in [6.45, 7) is 9.23. The number of fused-ring (bicyclic) bond motifs is 3. The zero-order valence-corrected chi connectivity index (χ0v) is 29.1. The number of ether oxygens (including phenoxy) is 1. The minimum absolute atomic E-state index is 0.137. The molecular formula is C37H39F3N4O3S2. The van der Waals surface area contributed by atoms with Crippen LogP contribution in [0.25, 0.3) is 10.8 Å². The number of carbonyl (C=O) groups is 2. The Bertz CT molecular complexity index is 1810. The molecule has 1 amide bonds. The van der Waals surface area contributed by atoms with Crippen LogP contribution in [0.2, 0.25) is 0 Å². The van der Waals surface area contributed by atoms with Gasteiger partial charge in [0.2, 0.25) is 5.91 Å². The second-order valence-corrected chi connectivity index (χ2v) is 14.7. The minimum atomic E-state index is -4.39. The average molecular weight is 709 g/mol. The van der Waals surface area contributed by atoms with Crippen LogP contribution >= 0.6 is 23.5 Å². The molecule has 2 aliphatic heterocycles. The minimum Gasteiger partial charge on any atom is -0.463 e. The van der Waals surface area contributed by atoms with Gasteiger partial charge in [0.1, 0.15) is 11.9 Å². The Morgan fingerprint density at radius 1 is 0.878 bits per heavy atom. The quantitative estimate of drug-likeness (QED) is 0.124. The Labute approximate surface area is 293 Å². The van der Waals surface area contributed by atoms with Gasteiger partial charge in [-0.25, -0.2) is 0 Å². The summed E-state index contributed by atoms with van der Waals surface area (Å²) in [5.74, 6) is -0.401. The third-order valence-corrected chi connectivity index (χ3v) is 11.0. The first-order valence-electron chi connectivity index (χ1n) is 16.4. The number of benzene rings is 4. The van der Waals surface area contributed by atoms with E-state index in [9.17, 15) is 22.8 Å². The Kier molecular flexibility index (Phi) is 11.1. The number of piperazine rings is 1. The molecule has 49 heavy (non-hydrogen) atoms. The van der Waals surface area contributed by atoms with Gasteiger partial charge in [-0.3, -0.25) is 14.5 Å². The van der Waals surface area contributed by atoms with E-state index >= 15 is 0 Å². The van der Waals surface area contributed by atoms with Crippen molar-refractivity contribution in [3.63, 3.8) is 0 Å². The number of rotatable bonds is 11. The van der Waals surface area contributed by atoms with Gasteiger partial charge in [0, 0.05) is 66.6 Å². The van der Waals surface area contributed by atoms with Crippen LogP contribution in [-0.4, -0.2) is 79.3 Å². The maximum atomic E-state index is 13.6. The van der Waals surface area contributed by atoms with Gasteiger partial charge in [0.15, 0.2) is 0 Å². The molecule has 258 valence electrons. The zero-order chi connectivity index (χ0) is 34.5. The maximum absolute atomic E-state index is 13.6. The largest absolute Gasteiger partial charge is 0.463 e. The lowest BCUT2D eigenvalue weighted by Gasteiger charge is -2.36. The highest BCUT2D eigenvalue weighted by atomic mass is 32.2. The maximum Gasteiger partial charge on any atom is 0.416 e. The normalized spacial score (nSPS) is 15.8. The molecule has 0 bridgehead atoms. The van der Waals surface area contributed by atoms with Crippen LogP contribution in [0.3, 0.4) is 0 Å². The first kappa shape index (κ1) is 35.1. The third kappa shape index (κ3) is 8.72. The Morgan fingerprint density at radius 3 is 2.37 bits per heavy atom. The lowest BCUT2D eigenvalue weighted by atomic mass is 10.1. The number of hydrogen-bond acceptors (Lipinski definition) is 8. The summed E-state index contributed by atoms with van der Waals surface area (Å²) in [4.78, 5) is 33.9. The van der Waals surface area contributed by atoms with Crippen LogP contribution in [0, 0.1) is 0 Å². The summed E-state index contributed by atoms with van der Waals surface area (Å²) < 4.78 is 46.3. The van der Waals surface area contributed by atoms with Gasteiger partial charge in [-0.05, 0) is 79.2 Å². The van der Waals surface area contributed by atoms with Gasteiger partial charge in [0.25, 0.3) is 0 Å². The number of thioether (sulfide) groups is 1. The number of halogens is 3. The second-order valence-electron chi connectivity index (χ2n) is 12.2. The fourth-order valence-electron chi connectivity index (χ4n) is 6.19. The fraction of sp³-hybridized carbons (Fsp3) is 0.351. The van der Waals surface area contributed by atoms with Crippen molar-refractivity contribution in [1.29, 1.82) is 0 Å². The molecule has 0 radical (unpaired) electrons. The molecule has 1 unspecified atom stereocenters. The van der Waals surface area contributed by atoms with E-state index < -0.39 is 17.0 Å². The molecule has 4 aromatic carbocycles. The highest BCUT2D eigenvalue weighted by Crippen LogP contribution is 2.49. The van der Waals surface area contributed by atoms with E-state index in [2.05, 4.69) is 15.1 Å². The van der Waals surface area contributed by atoms with Crippen LogP contribution in [0.4, 0.5) is 30.2 Å². The van der Waals surface area contributed by atoms with Crippen LogP contribution in [0.1, 0.15) is 25.8 Å². The zero-order valence-electron chi connectivity index (χ0n) is 27.5. The van der Waals surface area contributed by atoms with Crippen molar-refractivity contribution in [2.45, 2.75) is 46.4 Å². The number of esters is 1. The highest BCUT2D eigenvalue weighted by molar-refractivity contribution is 8.00.